The number of rotatable bonds is 7. The molecule has 0 saturated heterocycles. The zero-order chi connectivity index (χ0) is 46.4. The summed E-state index contributed by atoms with van der Waals surface area (Å²) in [5, 5.41) is 0.950. The smallest absolute Gasteiger partial charge is 0.391 e. The van der Waals surface area contributed by atoms with Crippen molar-refractivity contribution in [3.05, 3.63) is 168 Å². The third kappa shape index (κ3) is 9.28. The van der Waals surface area contributed by atoms with Crippen molar-refractivity contribution in [2.45, 2.75) is 65.8 Å². The molecule has 0 bridgehead atoms. The van der Waals surface area contributed by atoms with E-state index in [0.29, 0.717) is 38.9 Å². The fourth-order valence-corrected chi connectivity index (χ4v) is 6.83. The number of aromatic nitrogens is 2. The topological polar surface area (TPSA) is 38.9 Å². The first-order chi connectivity index (χ1) is 30.1. The van der Waals surface area contributed by atoms with E-state index in [4.69, 9.17) is 15.4 Å². The molecule has 7 heteroatoms. The molecule has 0 fully saturated rings. The number of aryl methyl sites for hydroxylation is 2. The standard InChI is InChI=1S/C37H31F3NO.C13H12N.Ir/c1-22(2)27-12-8-13-28(23(3)4)34(27)26-16-17-41-33(20-26)32-19-24(21-37(38,39)40)18-31-30-15-9-14-29(35(30)42-36(31)32)25-10-6-5-7-11-25;1-10-3-6-12(7-4-10)13-8-5-11(2)9-14-13;/h5-18,20,22-23H,21H2,1-4H3;3-6,8-9H,1-2H3;/q2*-1;/i21D2;1D3,2D3;. The molecule has 3 heterocycles. The van der Waals surface area contributed by atoms with E-state index in [1.54, 1.807) is 24.4 Å². The summed E-state index contributed by atoms with van der Waals surface area (Å²) in [6.07, 6.45) is -5.87. The third-order valence-electron chi connectivity index (χ3n) is 9.42. The molecule has 0 atom stereocenters. The number of hydrogen-bond acceptors (Lipinski definition) is 3. The summed E-state index contributed by atoms with van der Waals surface area (Å²) < 4.78 is 108. The van der Waals surface area contributed by atoms with Crippen molar-refractivity contribution in [2.75, 3.05) is 0 Å². The average molecular weight is 945 g/mol. The summed E-state index contributed by atoms with van der Waals surface area (Å²) in [5.41, 5.74) is 8.15. The molecule has 57 heavy (non-hydrogen) atoms. The van der Waals surface area contributed by atoms with Gasteiger partial charge in [-0.3, -0.25) is 0 Å². The first-order valence-electron chi connectivity index (χ1n) is 22.2. The van der Waals surface area contributed by atoms with E-state index >= 15 is 0 Å². The second-order valence-electron chi connectivity index (χ2n) is 14.0. The second kappa shape index (κ2) is 17.4. The molecule has 3 nitrogen and oxygen atoms in total. The molecule has 3 aromatic heterocycles. The summed E-state index contributed by atoms with van der Waals surface area (Å²) >= 11 is 0. The zero-order valence-corrected chi connectivity index (χ0v) is 33.9. The Hall–Kier alpha value is -5.36. The van der Waals surface area contributed by atoms with Gasteiger partial charge in [-0.1, -0.05) is 130 Å². The van der Waals surface area contributed by atoms with Gasteiger partial charge >= 0.3 is 6.18 Å². The minimum Gasteiger partial charge on any atom is -0.500 e. The van der Waals surface area contributed by atoms with Crippen molar-refractivity contribution < 1.29 is 48.7 Å². The van der Waals surface area contributed by atoms with Gasteiger partial charge in [0.25, 0.3) is 0 Å². The number of alkyl halides is 3. The molecule has 8 rings (SSSR count). The summed E-state index contributed by atoms with van der Waals surface area (Å²) in [4.78, 5) is 8.65. The molecular weight excluding hydrogens is 894 g/mol. The first-order valence-corrected chi connectivity index (χ1v) is 18.2. The normalized spacial score (nSPS) is 14.3. The van der Waals surface area contributed by atoms with Crippen LogP contribution in [0.15, 0.2) is 132 Å². The first kappa shape index (κ1) is 31.7. The van der Waals surface area contributed by atoms with Gasteiger partial charge in [0.15, 0.2) is 0 Å². The maximum atomic E-state index is 14.1. The molecule has 8 aromatic rings. The maximum Gasteiger partial charge on any atom is 0.391 e. The fourth-order valence-electron chi connectivity index (χ4n) is 6.83. The van der Waals surface area contributed by atoms with E-state index in [0.717, 1.165) is 33.4 Å². The van der Waals surface area contributed by atoms with Crippen LogP contribution in [0.25, 0.3) is 66.7 Å². The van der Waals surface area contributed by atoms with E-state index in [1.165, 1.54) is 30.5 Å². The van der Waals surface area contributed by atoms with E-state index < -0.39 is 31.8 Å². The SMILES string of the molecule is [2H]C([2H])([2H])c1c[c-]c(-c2ccc(C([2H])([2H])[2H])cn2)cc1.[2H]C([2H])(c1[c-]c(-c2cc(-c3c(C(C)C)cccc3C(C)C)ccn2)c2oc3c(-c4ccccc4)cccc3c2c1)C(F)(F)F.[Ir]. The van der Waals surface area contributed by atoms with Crippen LogP contribution < -0.4 is 0 Å². The van der Waals surface area contributed by atoms with Crippen molar-refractivity contribution in [1.82, 2.24) is 9.97 Å². The molecule has 1 radical (unpaired) electrons. The minimum atomic E-state index is -5.15. The van der Waals surface area contributed by atoms with Gasteiger partial charge in [-0.05, 0) is 69.5 Å². The molecule has 0 amide bonds. The molecular formula is C50H43F3IrN2O-2. The average Bonchev–Trinajstić information content (AvgIpc) is 3.64. The minimum absolute atomic E-state index is 0. The molecule has 5 aromatic carbocycles. The van der Waals surface area contributed by atoms with Crippen LogP contribution in [0.2, 0.25) is 0 Å². The van der Waals surface area contributed by atoms with Gasteiger partial charge in [0.05, 0.1) is 12.0 Å². The second-order valence-corrected chi connectivity index (χ2v) is 14.0. The van der Waals surface area contributed by atoms with Crippen LogP contribution >= 0.6 is 0 Å². The Morgan fingerprint density at radius 3 is 2.07 bits per heavy atom. The van der Waals surface area contributed by atoms with Crippen LogP contribution in [0.5, 0.6) is 0 Å². The fraction of sp³-hybridized carbons (Fsp3) is 0.200. The quantitative estimate of drug-likeness (QED) is 0.149. The molecule has 0 spiro atoms. The molecule has 0 N–H and O–H groups in total. The summed E-state index contributed by atoms with van der Waals surface area (Å²) in [6.45, 7) is 4.18. The maximum absolute atomic E-state index is 14.1. The number of nitrogens with zero attached hydrogens (tertiary/aromatic N) is 2. The number of halogens is 3. The van der Waals surface area contributed by atoms with Crippen molar-refractivity contribution in [3.8, 4) is 44.8 Å². The van der Waals surface area contributed by atoms with Crippen LogP contribution in [0.1, 0.15) is 78.3 Å². The Morgan fingerprint density at radius 2 is 1.44 bits per heavy atom. The van der Waals surface area contributed by atoms with Crippen LogP contribution in [0.4, 0.5) is 13.2 Å². The summed E-state index contributed by atoms with van der Waals surface area (Å²) in [6, 6.07) is 39.5. The molecule has 0 saturated carbocycles. The number of fused-ring (bicyclic) bond motifs is 3. The molecule has 0 aliphatic heterocycles. The zero-order valence-electron chi connectivity index (χ0n) is 39.5. The number of hydrogen-bond donors (Lipinski definition) is 0. The number of para-hydroxylation sites is 1. The van der Waals surface area contributed by atoms with Crippen LogP contribution in [-0.2, 0) is 26.5 Å². The van der Waals surface area contributed by atoms with Crippen molar-refractivity contribution in [1.29, 1.82) is 0 Å². The predicted octanol–water partition coefficient (Wildman–Crippen LogP) is 14.3. The number of furan rings is 1. The van der Waals surface area contributed by atoms with E-state index in [2.05, 4.69) is 68.0 Å². The molecule has 0 unspecified atom stereocenters. The van der Waals surface area contributed by atoms with Crippen LogP contribution in [-0.4, -0.2) is 16.1 Å². The predicted molar refractivity (Wildman–Crippen MR) is 223 cm³/mol. The van der Waals surface area contributed by atoms with E-state index in [1.807, 2.05) is 54.6 Å². The van der Waals surface area contributed by atoms with Crippen molar-refractivity contribution in [3.63, 3.8) is 0 Å². The van der Waals surface area contributed by atoms with Gasteiger partial charge in [-0.15, -0.1) is 53.1 Å². The van der Waals surface area contributed by atoms with Gasteiger partial charge in [0, 0.05) is 54.4 Å². The third-order valence-corrected chi connectivity index (χ3v) is 9.42. The summed E-state index contributed by atoms with van der Waals surface area (Å²) in [7, 11) is 0. The Balaban J connectivity index is 0.000000280. The van der Waals surface area contributed by atoms with Gasteiger partial charge in [-0.2, -0.15) is 13.2 Å². The number of pyridine rings is 2. The Labute approximate surface area is 357 Å². The van der Waals surface area contributed by atoms with Crippen LogP contribution in [0.3, 0.4) is 0 Å². The molecule has 0 aliphatic carbocycles. The van der Waals surface area contributed by atoms with Crippen molar-refractivity contribution in [2.24, 2.45) is 0 Å². The van der Waals surface area contributed by atoms with Gasteiger partial charge in [0.2, 0.25) is 0 Å². The van der Waals surface area contributed by atoms with E-state index in [9.17, 15) is 13.2 Å². The van der Waals surface area contributed by atoms with Crippen molar-refractivity contribution >= 4 is 21.9 Å². The van der Waals surface area contributed by atoms with E-state index in [-0.39, 0.29) is 48.6 Å². The monoisotopic (exact) mass is 945 g/mol. The molecule has 291 valence electrons. The molecule has 0 aliphatic rings. The Morgan fingerprint density at radius 1 is 0.719 bits per heavy atom. The Kier molecular flexibility index (Phi) is 9.68. The largest absolute Gasteiger partial charge is 0.500 e. The van der Waals surface area contributed by atoms with Gasteiger partial charge < -0.3 is 14.4 Å². The number of benzene rings is 5. The Bertz CT molecular complexity index is 2850. The van der Waals surface area contributed by atoms with Gasteiger partial charge in [-0.25, -0.2) is 0 Å². The van der Waals surface area contributed by atoms with Gasteiger partial charge in [0.1, 0.15) is 5.58 Å². The summed E-state index contributed by atoms with van der Waals surface area (Å²) in [5.74, 6) is 0.459. The van der Waals surface area contributed by atoms with Crippen LogP contribution in [0, 0.1) is 25.8 Å².